The van der Waals surface area contributed by atoms with E-state index in [1.54, 1.807) is 7.11 Å². The molecule has 148 valence electrons. The van der Waals surface area contributed by atoms with Crippen LogP contribution in [0.3, 0.4) is 0 Å². The van der Waals surface area contributed by atoms with Gasteiger partial charge in [-0.1, -0.05) is 23.9 Å². The van der Waals surface area contributed by atoms with Gasteiger partial charge in [0.25, 0.3) is 0 Å². The number of thioether (sulfide) groups is 1. The van der Waals surface area contributed by atoms with E-state index in [-0.39, 0.29) is 11.2 Å². The summed E-state index contributed by atoms with van der Waals surface area (Å²) in [6.45, 7) is 6.55. The molecule has 7 nitrogen and oxygen atoms in total. The zero-order chi connectivity index (χ0) is 20.1. The number of methoxy groups -OCH3 is 1. The summed E-state index contributed by atoms with van der Waals surface area (Å²) in [6, 6.07) is 7.91. The van der Waals surface area contributed by atoms with E-state index < -0.39 is 0 Å². The van der Waals surface area contributed by atoms with Gasteiger partial charge in [0.15, 0.2) is 10.3 Å². The van der Waals surface area contributed by atoms with Crippen LogP contribution in [0.25, 0.3) is 0 Å². The zero-order valence-corrected chi connectivity index (χ0v) is 17.9. The molecule has 0 aliphatic carbocycles. The van der Waals surface area contributed by atoms with Crippen LogP contribution in [0.4, 0.5) is 5.13 Å². The van der Waals surface area contributed by atoms with Crippen LogP contribution >= 0.6 is 23.1 Å². The van der Waals surface area contributed by atoms with Gasteiger partial charge in [-0.15, -0.1) is 21.5 Å². The van der Waals surface area contributed by atoms with Crippen molar-refractivity contribution in [3.05, 3.63) is 46.7 Å². The largest absolute Gasteiger partial charge is 0.497 e. The first-order valence-corrected chi connectivity index (χ1v) is 10.7. The van der Waals surface area contributed by atoms with Crippen molar-refractivity contribution in [2.75, 3.05) is 12.4 Å². The molecule has 0 saturated heterocycles. The van der Waals surface area contributed by atoms with Crippen LogP contribution in [0, 0.1) is 6.92 Å². The molecule has 1 amide bonds. The highest BCUT2D eigenvalue weighted by atomic mass is 32.2. The molecule has 0 bridgehead atoms. The topological polar surface area (TPSA) is 81.9 Å². The number of nitrogens with one attached hydrogen (secondary N) is 1. The Kier molecular flexibility index (Phi) is 6.69. The minimum atomic E-state index is -0.312. The molecule has 0 saturated carbocycles. The van der Waals surface area contributed by atoms with Crippen LogP contribution in [-0.4, -0.2) is 38.0 Å². The van der Waals surface area contributed by atoms with Crippen molar-refractivity contribution in [2.24, 2.45) is 0 Å². The Balaban J connectivity index is 1.67. The summed E-state index contributed by atoms with van der Waals surface area (Å²) in [5, 5.41) is 14.5. The summed E-state index contributed by atoms with van der Waals surface area (Å²) in [5.74, 6) is 1.60. The third-order valence-corrected chi connectivity index (χ3v) is 6.09. The van der Waals surface area contributed by atoms with Crippen LogP contribution < -0.4 is 10.1 Å². The van der Waals surface area contributed by atoms with Crippen molar-refractivity contribution in [1.82, 2.24) is 19.7 Å². The lowest BCUT2D eigenvalue weighted by Crippen LogP contribution is -2.23. The number of thiazole rings is 1. The quantitative estimate of drug-likeness (QED) is 0.562. The van der Waals surface area contributed by atoms with E-state index in [1.807, 2.05) is 55.0 Å². The SMILES string of the molecule is CCn1c(Cc2ccc(OC)cc2)nnc1S[C@@H](C)C(=O)Nc1nc(C)cs1. The van der Waals surface area contributed by atoms with Gasteiger partial charge < -0.3 is 14.6 Å². The number of anilines is 1. The van der Waals surface area contributed by atoms with Crippen molar-refractivity contribution < 1.29 is 9.53 Å². The van der Waals surface area contributed by atoms with Gasteiger partial charge in [0, 0.05) is 18.3 Å². The Morgan fingerprint density at radius 2 is 2.07 bits per heavy atom. The fourth-order valence-corrected chi connectivity index (χ4v) is 4.23. The predicted molar refractivity (Wildman–Crippen MR) is 112 cm³/mol. The van der Waals surface area contributed by atoms with Gasteiger partial charge in [0.05, 0.1) is 18.1 Å². The van der Waals surface area contributed by atoms with Crippen LogP contribution in [0.15, 0.2) is 34.8 Å². The summed E-state index contributed by atoms with van der Waals surface area (Å²) >= 11 is 2.82. The van der Waals surface area contributed by atoms with Crippen LogP contribution in [0.5, 0.6) is 5.75 Å². The van der Waals surface area contributed by atoms with Crippen molar-refractivity contribution in [2.45, 2.75) is 44.1 Å². The number of aromatic nitrogens is 4. The summed E-state index contributed by atoms with van der Waals surface area (Å²) in [6.07, 6.45) is 0.671. The number of benzene rings is 1. The van der Waals surface area contributed by atoms with Crippen LogP contribution in [-0.2, 0) is 17.8 Å². The van der Waals surface area contributed by atoms with E-state index in [4.69, 9.17) is 4.74 Å². The number of hydrogen-bond donors (Lipinski definition) is 1. The number of carbonyl (C=O) groups excluding carboxylic acids is 1. The minimum Gasteiger partial charge on any atom is -0.497 e. The van der Waals surface area contributed by atoms with E-state index >= 15 is 0 Å². The average molecular weight is 418 g/mol. The highest BCUT2D eigenvalue weighted by Gasteiger charge is 2.20. The fraction of sp³-hybridized carbons (Fsp3) is 0.368. The van der Waals surface area contributed by atoms with Gasteiger partial charge in [-0.05, 0) is 38.5 Å². The molecule has 0 unspecified atom stereocenters. The number of ether oxygens (including phenoxy) is 1. The molecule has 28 heavy (non-hydrogen) atoms. The van der Waals surface area contributed by atoms with Gasteiger partial charge in [-0.2, -0.15) is 0 Å². The number of hydrogen-bond acceptors (Lipinski definition) is 7. The van der Waals surface area contributed by atoms with Crippen LogP contribution in [0.1, 0.15) is 30.9 Å². The molecule has 3 aromatic rings. The van der Waals surface area contributed by atoms with Gasteiger partial charge in [0.2, 0.25) is 5.91 Å². The summed E-state index contributed by atoms with van der Waals surface area (Å²) in [7, 11) is 1.65. The van der Waals surface area contributed by atoms with Crippen molar-refractivity contribution in [3.63, 3.8) is 0 Å². The van der Waals surface area contributed by atoms with E-state index in [9.17, 15) is 4.79 Å². The van der Waals surface area contributed by atoms with E-state index in [2.05, 4.69) is 20.5 Å². The van der Waals surface area contributed by atoms with Gasteiger partial charge >= 0.3 is 0 Å². The molecule has 0 radical (unpaired) electrons. The Morgan fingerprint density at radius 1 is 1.32 bits per heavy atom. The van der Waals surface area contributed by atoms with Crippen LogP contribution in [0.2, 0.25) is 0 Å². The Labute approximate surface area is 172 Å². The number of carbonyl (C=O) groups is 1. The van der Waals surface area contributed by atoms with Gasteiger partial charge in [-0.25, -0.2) is 4.98 Å². The predicted octanol–water partition coefficient (Wildman–Crippen LogP) is 3.78. The Bertz CT molecular complexity index is 936. The molecule has 1 aromatic carbocycles. The Hall–Kier alpha value is -2.39. The highest BCUT2D eigenvalue weighted by Crippen LogP contribution is 2.25. The van der Waals surface area contributed by atoms with E-state index in [0.717, 1.165) is 34.5 Å². The number of amides is 1. The summed E-state index contributed by atoms with van der Waals surface area (Å²) in [4.78, 5) is 16.7. The summed E-state index contributed by atoms with van der Waals surface area (Å²) < 4.78 is 7.25. The molecule has 3 rings (SSSR count). The smallest absolute Gasteiger partial charge is 0.239 e. The lowest BCUT2D eigenvalue weighted by atomic mass is 10.1. The van der Waals surface area contributed by atoms with Gasteiger partial charge in [-0.3, -0.25) is 4.79 Å². The van der Waals surface area contributed by atoms with E-state index in [0.29, 0.717) is 11.6 Å². The molecule has 0 aliphatic heterocycles. The number of rotatable bonds is 8. The zero-order valence-electron chi connectivity index (χ0n) is 16.3. The lowest BCUT2D eigenvalue weighted by Gasteiger charge is -2.12. The lowest BCUT2D eigenvalue weighted by molar-refractivity contribution is -0.115. The van der Waals surface area contributed by atoms with E-state index in [1.165, 1.54) is 23.1 Å². The second kappa shape index (κ2) is 9.20. The molecule has 0 aliphatic rings. The van der Waals surface area contributed by atoms with Crippen molar-refractivity contribution >= 4 is 34.1 Å². The maximum atomic E-state index is 12.4. The maximum absolute atomic E-state index is 12.4. The third kappa shape index (κ3) is 4.90. The first kappa shape index (κ1) is 20.3. The number of aryl methyl sites for hydroxylation is 1. The summed E-state index contributed by atoms with van der Waals surface area (Å²) in [5.41, 5.74) is 2.03. The minimum absolute atomic E-state index is 0.0956. The van der Waals surface area contributed by atoms with Crippen molar-refractivity contribution in [3.8, 4) is 5.75 Å². The molecule has 1 N–H and O–H groups in total. The highest BCUT2D eigenvalue weighted by molar-refractivity contribution is 8.00. The molecule has 0 spiro atoms. The second-order valence-corrected chi connectivity index (χ2v) is 8.38. The second-order valence-electron chi connectivity index (χ2n) is 6.21. The third-order valence-electron chi connectivity index (χ3n) is 4.13. The monoisotopic (exact) mass is 417 g/mol. The number of nitrogens with zero attached hydrogens (tertiary/aromatic N) is 4. The molecule has 9 heteroatoms. The molecule has 1 atom stereocenters. The first-order chi connectivity index (χ1) is 13.5. The molecule has 2 aromatic heterocycles. The van der Waals surface area contributed by atoms with Crippen molar-refractivity contribution in [1.29, 1.82) is 0 Å². The standard InChI is InChI=1S/C19H23N5O2S2/c1-5-24-16(10-14-6-8-15(26-4)9-7-14)22-23-19(24)28-13(3)17(25)21-18-20-12(2)11-27-18/h6-9,11,13H,5,10H2,1-4H3,(H,20,21,25)/t13-/m0/s1. The fourth-order valence-electron chi connectivity index (χ4n) is 2.61. The maximum Gasteiger partial charge on any atom is 0.239 e. The van der Waals surface area contributed by atoms with Gasteiger partial charge in [0.1, 0.15) is 11.6 Å². The Morgan fingerprint density at radius 3 is 2.68 bits per heavy atom. The molecule has 0 fully saturated rings. The first-order valence-electron chi connectivity index (χ1n) is 8.94. The normalized spacial score (nSPS) is 12.0. The molecular weight excluding hydrogens is 394 g/mol. The average Bonchev–Trinajstić information content (AvgIpc) is 3.27. The molecule has 2 heterocycles. The molecular formula is C19H23N5O2S2.